The third-order valence-electron chi connectivity index (χ3n) is 3.17. The largest absolute Gasteiger partial charge is 0.463 e. The molecule has 0 aliphatic rings. The maximum atomic E-state index is 12.2. The molecule has 0 unspecified atom stereocenters. The van der Waals surface area contributed by atoms with Crippen molar-refractivity contribution in [3.63, 3.8) is 0 Å². The van der Waals surface area contributed by atoms with E-state index in [0.29, 0.717) is 11.4 Å². The Kier molecular flexibility index (Phi) is 3.56. The molecule has 104 valence electrons. The van der Waals surface area contributed by atoms with Crippen molar-refractivity contribution >= 4 is 12.3 Å². The number of amides is 1. The smallest absolute Gasteiger partial charge is 0.431 e. The van der Waals surface area contributed by atoms with Gasteiger partial charge in [-0.15, -0.1) is 0 Å². The highest BCUT2D eigenvalue weighted by molar-refractivity contribution is 5.88. The number of aliphatic imine (C=N–C) groups is 1. The Morgan fingerprint density at radius 1 is 1.30 bits per heavy atom. The van der Waals surface area contributed by atoms with Crippen LogP contribution in [0, 0.1) is 20.8 Å². The molecule has 0 aliphatic carbocycles. The summed E-state index contributed by atoms with van der Waals surface area (Å²) < 4.78 is 1.38. The lowest BCUT2D eigenvalue weighted by molar-refractivity contribution is 0.206. The summed E-state index contributed by atoms with van der Waals surface area (Å²) in [5.74, 6) is 0. The SMILES string of the molecule is Cc1ccc(-n2[nH]c(C)c(C=NC(=O)O)c2=O)cc1C. The number of benzene rings is 1. The van der Waals surface area contributed by atoms with E-state index in [1.807, 2.05) is 32.0 Å². The number of carbonyl (C=O) groups is 1. The average molecular weight is 273 g/mol. The number of hydrogen-bond acceptors (Lipinski definition) is 2. The molecular formula is C14H15N3O3. The van der Waals surface area contributed by atoms with E-state index < -0.39 is 6.09 Å². The molecule has 20 heavy (non-hydrogen) atoms. The molecule has 6 heteroatoms. The van der Waals surface area contributed by atoms with E-state index in [2.05, 4.69) is 10.1 Å². The average Bonchev–Trinajstić information content (AvgIpc) is 2.66. The van der Waals surface area contributed by atoms with E-state index in [4.69, 9.17) is 5.11 Å². The van der Waals surface area contributed by atoms with Gasteiger partial charge in [0.05, 0.1) is 11.3 Å². The first-order chi connectivity index (χ1) is 9.40. The first-order valence-electron chi connectivity index (χ1n) is 6.06. The number of aryl methyl sites for hydroxylation is 3. The highest BCUT2D eigenvalue weighted by Crippen LogP contribution is 2.12. The second-order valence-electron chi connectivity index (χ2n) is 4.60. The molecule has 2 N–H and O–H groups in total. The van der Waals surface area contributed by atoms with Crippen molar-refractivity contribution in [2.24, 2.45) is 4.99 Å². The summed E-state index contributed by atoms with van der Waals surface area (Å²) in [6, 6.07) is 5.65. The van der Waals surface area contributed by atoms with Gasteiger partial charge in [-0.1, -0.05) is 6.07 Å². The van der Waals surface area contributed by atoms with Crippen LogP contribution in [-0.2, 0) is 0 Å². The van der Waals surface area contributed by atoms with Crippen LogP contribution in [0.5, 0.6) is 0 Å². The zero-order chi connectivity index (χ0) is 14.9. The fourth-order valence-corrected chi connectivity index (χ4v) is 1.88. The van der Waals surface area contributed by atoms with Gasteiger partial charge < -0.3 is 5.11 Å². The minimum Gasteiger partial charge on any atom is -0.463 e. The van der Waals surface area contributed by atoms with Gasteiger partial charge in [0.2, 0.25) is 0 Å². The van der Waals surface area contributed by atoms with Gasteiger partial charge in [0.25, 0.3) is 5.56 Å². The second kappa shape index (κ2) is 5.16. The molecule has 0 radical (unpaired) electrons. The lowest BCUT2D eigenvalue weighted by Crippen LogP contribution is -2.17. The molecule has 2 rings (SSSR count). The number of nitrogens with one attached hydrogen (secondary N) is 1. The van der Waals surface area contributed by atoms with Crippen LogP contribution in [0.1, 0.15) is 22.4 Å². The van der Waals surface area contributed by atoms with E-state index in [1.165, 1.54) is 4.68 Å². The summed E-state index contributed by atoms with van der Waals surface area (Å²) in [5, 5.41) is 11.4. The van der Waals surface area contributed by atoms with Crippen LogP contribution >= 0.6 is 0 Å². The molecule has 0 saturated carbocycles. The van der Waals surface area contributed by atoms with Crippen LogP contribution < -0.4 is 5.56 Å². The molecule has 0 atom stereocenters. The quantitative estimate of drug-likeness (QED) is 0.822. The summed E-state index contributed by atoms with van der Waals surface area (Å²) in [4.78, 5) is 25.9. The van der Waals surface area contributed by atoms with E-state index in [-0.39, 0.29) is 11.1 Å². The zero-order valence-electron chi connectivity index (χ0n) is 11.5. The highest BCUT2D eigenvalue weighted by atomic mass is 16.4. The Bertz CT molecular complexity index is 754. The van der Waals surface area contributed by atoms with Gasteiger partial charge in [-0.2, -0.15) is 4.99 Å². The molecule has 1 aromatic carbocycles. The van der Waals surface area contributed by atoms with Crippen molar-refractivity contribution in [3.05, 3.63) is 50.9 Å². The first kappa shape index (κ1) is 13.8. The predicted octanol–water partition coefficient (Wildman–Crippen LogP) is 2.19. The van der Waals surface area contributed by atoms with Crippen LogP contribution in [-0.4, -0.2) is 27.2 Å². The third kappa shape index (κ3) is 2.54. The summed E-state index contributed by atoms with van der Waals surface area (Å²) in [7, 11) is 0. The summed E-state index contributed by atoms with van der Waals surface area (Å²) >= 11 is 0. The summed E-state index contributed by atoms with van der Waals surface area (Å²) in [6.45, 7) is 5.65. The van der Waals surface area contributed by atoms with E-state index in [1.54, 1.807) is 6.92 Å². The van der Waals surface area contributed by atoms with Gasteiger partial charge in [0, 0.05) is 11.9 Å². The number of carboxylic acid groups (broad SMARTS) is 1. The molecule has 0 aliphatic heterocycles. The van der Waals surface area contributed by atoms with Crippen LogP contribution in [0.3, 0.4) is 0 Å². The Balaban J connectivity index is 2.54. The fourth-order valence-electron chi connectivity index (χ4n) is 1.88. The zero-order valence-corrected chi connectivity index (χ0v) is 11.5. The minimum absolute atomic E-state index is 0.241. The van der Waals surface area contributed by atoms with Gasteiger partial charge in [-0.25, -0.2) is 9.48 Å². The van der Waals surface area contributed by atoms with Gasteiger partial charge in [-0.05, 0) is 44.0 Å². The molecular weight excluding hydrogens is 258 g/mol. The lowest BCUT2D eigenvalue weighted by Gasteiger charge is -2.05. The first-order valence-corrected chi connectivity index (χ1v) is 6.06. The third-order valence-corrected chi connectivity index (χ3v) is 3.17. The molecule has 0 fully saturated rings. The van der Waals surface area contributed by atoms with E-state index >= 15 is 0 Å². The molecule has 1 amide bonds. The van der Waals surface area contributed by atoms with Crippen molar-refractivity contribution in [2.45, 2.75) is 20.8 Å². The topological polar surface area (TPSA) is 87.4 Å². The fraction of sp³-hybridized carbons (Fsp3) is 0.214. The lowest BCUT2D eigenvalue weighted by atomic mass is 10.1. The maximum Gasteiger partial charge on any atom is 0.431 e. The minimum atomic E-state index is -1.33. The predicted molar refractivity (Wildman–Crippen MR) is 76.2 cm³/mol. The second-order valence-corrected chi connectivity index (χ2v) is 4.60. The molecule has 1 heterocycles. The summed E-state index contributed by atoms with van der Waals surface area (Å²) in [5.41, 5.74) is 3.40. The number of rotatable bonds is 2. The van der Waals surface area contributed by atoms with Crippen molar-refractivity contribution in [1.82, 2.24) is 9.78 Å². The monoisotopic (exact) mass is 273 g/mol. The standard InChI is InChI=1S/C14H15N3O3/c1-8-4-5-11(6-9(8)2)17-13(18)12(10(3)16-17)7-15-14(19)20/h4-7,16H,1-3H3,(H,19,20). The summed E-state index contributed by atoms with van der Waals surface area (Å²) in [6.07, 6.45) is -0.267. The van der Waals surface area contributed by atoms with Gasteiger partial charge in [0.1, 0.15) is 0 Å². The van der Waals surface area contributed by atoms with Crippen LogP contribution in [0.15, 0.2) is 28.0 Å². The van der Waals surface area contributed by atoms with Crippen molar-refractivity contribution in [2.75, 3.05) is 0 Å². The Morgan fingerprint density at radius 3 is 2.60 bits per heavy atom. The number of aromatic nitrogens is 2. The van der Waals surface area contributed by atoms with Crippen LogP contribution in [0.4, 0.5) is 4.79 Å². The van der Waals surface area contributed by atoms with Gasteiger partial charge >= 0.3 is 6.09 Å². The molecule has 0 saturated heterocycles. The molecule has 2 aromatic rings. The van der Waals surface area contributed by atoms with Crippen LogP contribution in [0.2, 0.25) is 0 Å². The molecule has 1 aromatic heterocycles. The van der Waals surface area contributed by atoms with Crippen molar-refractivity contribution < 1.29 is 9.90 Å². The Morgan fingerprint density at radius 2 is 2.00 bits per heavy atom. The maximum absolute atomic E-state index is 12.2. The number of aromatic amines is 1. The molecule has 0 spiro atoms. The van der Waals surface area contributed by atoms with Gasteiger partial charge in [0.15, 0.2) is 0 Å². The Hall–Kier alpha value is -2.63. The normalized spacial score (nSPS) is 11.2. The molecule has 6 nitrogen and oxygen atoms in total. The number of hydrogen-bond donors (Lipinski definition) is 2. The number of nitrogens with zero attached hydrogens (tertiary/aromatic N) is 2. The van der Waals surface area contributed by atoms with Crippen molar-refractivity contribution in [1.29, 1.82) is 0 Å². The van der Waals surface area contributed by atoms with Gasteiger partial charge in [-0.3, -0.25) is 9.89 Å². The van der Waals surface area contributed by atoms with E-state index in [0.717, 1.165) is 17.3 Å². The Labute approximate surface area is 115 Å². The van der Waals surface area contributed by atoms with Crippen LogP contribution in [0.25, 0.3) is 5.69 Å². The number of H-pyrrole nitrogens is 1. The molecule has 0 bridgehead atoms. The van der Waals surface area contributed by atoms with E-state index in [9.17, 15) is 9.59 Å². The highest BCUT2D eigenvalue weighted by Gasteiger charge is 2.11. The van der Waals surface area contributed by atoms with Crippen molar-refractivity contribution in [3.8, 4) is 5.69 Å².